The summed E-state index contributed by atoms with van der Waals surface area (Å²) in [6, 6.07) is 7.44. The molecule has 0 heterocycles. The van der Waals surface area contributed by atoms with Crippen LogP contribution < -0.4 is 5.32 Å². The third-order valence-corrected chi connectivity index (χ3v) is 4.16. The first-order valence-corrected chi connectivity index (χ1v) is 8.16. The highest BCUT2D eigenvalue weighted by Crippen LogP contribution is 2.09. The van der Waals surface area contributed by atoms with E-state index in [0.717, 1.165) is 11.1 Å². The molecule has 19 heavy (non-hydrogen) atoms. The second-order valence-electron chi connectivity index (χ2n) is 5.05. The molecule has 0 aliphatic heterocycles. The maximum absolute atomic E-state index is 11.9. The van der Waals surface area contributed by atoms with Crippen LogP contribution in [-0.2, 0) is 20.4 Å². The zero-order chi connectivity index (χ0) is 14.5. The Bertz CT molecular complexity index is 535. The molecule has 1 N–H and O–H groups in total. The lowest BCUT2D eigenvalue weighted by Gasteiger charge is -2.09. The molecule has 0 fully saturated rings. The van der Waals surface area contributed by atoms with Gasteiger partial charge < -0.3 is 5.32 Å². The van der Waals surface area contributed by atoms with Gasteiger partial charge in [-0.25, -0.2) is 8.42 Å². The Hall–Kier alpha value is -1.36. The highest BCUT2D eigenvalue weighted by Gasteiger charge is 2.15. The molecule has 0 aliphatic carbocycles. The Morgan fingerprint density at radius 1 is 1.32 bits per heavy atom. The number of aryl methyl sites for hydroxylation is 1. The summed E-state index contributed by atoms with van der Waals surface area (Å²) in [7, 11) is -3.24. The van der Waals surface area contributed by atoms with Gasteiger partial charge in [0.05, 0.1) is 11.5 Å². The highest BCUT2D eigenvalue weighted by molar-refractivity contribution is 7.90. The summed E-state index contributed by atoms with van der Waals surface area (Å²) in [6.45, 7) is 5.62. The van der Waals surface area contributed by atoms with Gasteiger partial charge in [0.25, 0.3) is 0 Å². The van der Waals surface area contributed by atoms with E-state index in [1.54, 1.807) is 6.07 Å². The molecule has 4 nitrogen and oxygen atoms in total. The standard InChI is InChI=1S/C14H21NO3S/c1-11(2)15-14(16)7-8-19(17,18)10-13-6-4-5-12(3)9-13/h4-6,9,11H,7-8,10H2,1-3H3,(H,15,16). The lowest BCUT2D eigenvalue weighted by Crippen LogP contribution is -2.31. The number of carbonyl (C=O) groups excluding carboxylic acids is 1. The zero-order valence-corrected chi connectivity index (χ0v) is 12.5. The molecule has 0 aromatic heterocycles. The summed E-state index contributed by atoms with van der Waals surface area (Å²) in [5, 5.41) is 2.68. The summed E-state index contributed by atoms with van der Waals surface area (Å²) < 4.78 is 23.8. The van der Waals surface area contributed by atoms with Crippen molar-refractivity contribution in [1.82, 2.24) is 5.32 Å². The summed E-state index contributed by atoms with van der Waals surface area (Å²) in [6.07, 6.45) is 0.0202. The van der Waals surface area contributed by atoms with Crippen molar-refractivity contribution in [3.63, 3.8) is 0 Å². The molecule has 1 aromatic carbocycles. The predicted molar refractivity (Wildman–Crippen MR) is 76.6 cm³/mol. The topological polar surface area (TPSA) is 63.2 Å². The van der Waals surface area contributed by atoms with Gasteiger partial charge in [-0.15, -0.1) is 0 Å². The molecule has 106 valence electrons. The van der Waals surface area contributed by atoms with Crippen LogP contribution >= 0.6 is 0 Å². The number of nitrogens with one attached hydrogen (secondary N) is 1. The maximum Gasteiger partial charge on any atom is 0.221 e. The van der Waals surface area contributed by atoms with Crippen LogP contribution in [0.5, 0.6) is 0 Å². The normalized spacial score (nSPS) is 11.6. The minimum atomic E-state index is -3.24. The van der Waals surface area contributed by atoms with Crippen molar-refractivity contribution < 1.29 is 13.2 Å². The largest absolute Gasteiger partial charge is 0.354 e. The summed E-state index contributed by atoms with van der Waals surface area (Å²) >= 11 is 0. The molecule has 0 unspecified atom stereocenters. The van der Waals surface area contributed by atoms with Crippen LogP contribution in [0, 0.1) is 6.92 Å². The third kappa shape index (κ3) is 6.38. The molecule has 0 saturated heterocycles. The first-order chi connectivity index (χ1) is 8.78. The van der Waals surface area contributed by atoms with Gasteiger partial charge in [0, 0.05) is 12.5 Å². The fourth-order valence-corrected chi connectivity index (χ4v) is 3.10. The monoisotopic (exact) mass is 283 g/mol. The molecule has 1 amide bonds. The number of benzene rings is 1. The molecule has 0 aliphatic rings. The van der Waals surface area contributed by atoms with E-state index in [4.69, 9.17) is 0 Å². The molecule has 0 bridgehead atoms. The molecule has 1 aromatic rings. The Balaban J connectivity index is 2.55. The number of carbonyl (C=O) groups is 1. The average Bonchev–Trinajstić information content (AvgIpc) is 2.25. The lowest BCUT2D eigenvalue weighted by molar-refractivity contribution is -0.121. The Morgan fingerprint density at radius 3 is 2.58 bits per heavy atom. The third-order valence-electron chi connectivity index (χ3n) is 2.56. The van der Waals surface area contributed by atoms with Crippen molar-refractivity contribution in [3.8, 4) is 0 Å². The van der Waals surface area contributed by atoms with Gasteiger partial charge in [-0.2, -0.15) is 0 Å². The number of hydrogen-bond acceptors (Lipinski definition) is 3. The summed E-state index contributed by atoms with van der Waals surface area (Å²) in [5.41, 5.74) is 1.80. The van der Waals surface area contributed by atoms with Crippen molar-refractivity contribution in [1.29, 1.82) is 0 Å². The van der Waals surface area contributed by atoms with E-state index in [2.05, 4.69) is 5.32 Å². The van der Waals surface area contributed by atoms with Gasteiger partial charge in [0.1, 0.15) is 0 Å². The van der Waals surface area contributed by atoms with Crippen molar-refractivity contribution in [2.75, 3.05) is 5.75 Å². The van der Waals surface area contributed by atoms with Crippen LogP contribution in [0.15, 0.2) is 24.3 Å². The van der Waals surface area contributed by atoms with Crippen molar-refractivity contribution in [3.05, 3.63) is 35.4 Å². The van der Waals surface area contributed by atoms with Crippen LogP contribution in [0.25, 0.3) is 0 Å². The van der Waals surface area contributed by atoms with E-state index in [1.165, 1.54) is 0 Å². The van der Waals surface area contributed by atoms with E-state index in [-0.39, 0.29) is 29.9 Å². The molecule has 0 spiro atoms. The molecular weight excluding hydrogens is 262 g/mol. The highest BCUT2D eigenvalue weighted by atomic mass is 32.2. The van der Waals surface area contributed by atoms with E-state index in [0.29, 0.717) is 0 Å². The molecule has 5 heteroatoms. The van der Waals surface area contributed by atoms with E-state index in [1.807, 2.05) is 39.0 Å². The fourth-order valence-electron chi connectivity index (χ4n) is 1.77. The van der Waals surface area contributed by atoms with Crippen LogP contribution in [0.4, 0.5) is 0 Å². The Labute approximate surface area is 115 Å². The van der Waals surface area contributed by atoms with Crippen LogP contribution in [0.3, 0.4) is 0 Å². The van der Waals surface area contributed by atoms with Crippen molar-refractivity contribution in [2.45, 2.75) is 39.0 Å². The lowest BCUT2D eigenvalue weighted by atomic mass is 10.2. The molecule has 0 atom stereocenters. The minimum Gasteiger partial charge on any atom is -0.354 e. The SMILES string of the molecule is Cc1cccc(CS(=O)(=O)CCC(=O)NC(C)C)c1. The second-order valence-corrected chi connectivity index (χ2v) is 7.24. The smallest absolute Gasteiger partial charge is 0.221 e. The number of amides is 1. The first-order valence-electron chi connectivity index (χ1n) is 6.34. The number of sulfone groups is 1. The quantitative estimate of drug-likeness (QED) is 0.866. The predicted octanol–water partition coefficient (Wildman–Crippen LogP) is 1.82. The number of rotatable bonds is 6. The van der Waals surface area contributed by atoms with Crippen molar-refractivity contribution >= 4 is 15.7 Å². The molecule has 1 rings (SSSR count). The first kappa shape index (κ1) is 15.7. The number of hydrogen-bond donors (Lipinski definition) is 1. The van der Waals surface area contributed by atoms with Crippen LogP contribution in [-0.4, -0.2) is 26.1 Å². The van der Waals surface area contributed by atoms with Gasteiger partial charge in [-0.3, -0.25) is 4.79 Å². The van der Waals surface area contributed by atoms with Crippen LogP contribution in [0.1, 0.15) is 31.4 Å². The molecular formula is C14H21NO3S. The van der Waals surface area contributed by atoms with Gasteiger partial charge in [0.2, 0.25) is 5.91 Å². The fraction of sp³-hybridized carbons (Fsp3) is 0.500. The summed E-state index contributed by atoms with van der Waals surface area (Å²) in [4.78, 5) is 11.4. The van der Waals surface area contributed by atoms with E-state index >= 15 is 0 Å². The molecule has 0 radical (unpaired) electrons. The van der Waals surface area contributed by atoms with Gasteiger partial charge in [-0.1, -0.05) is 29.8 Å². The van der Waals surface area contributed by atoms with Gasteiger partial charge in [-0.05, 0) is 26.3 Å². The van der Waals surface area contributed by atoms with Gasteiger partial charge >= 0.3 is 0 Å². The minimum absolute atomic E-state index is 0.0103. The second kappa shape index (κ2) is 6.70. The Kier molecular flexibility index (Phi) is 5.54. The van der Waals surface area contributed by atoms with Gasteiger partial charge in [0.15, 0.2) is 9.84 Å². The van der Waals surface area contributed by atoms with E-state index in [9.17, 15) is 13.2 Å². The zero-order valence-electron chi connectivity index (χ0n) is 11.6. The maximum atomic E-state index is 11.9. The molecule has 0 saturated carbocycles. The summed E-state index contributed by atoms with van der Waals surface area (Å²) in [5.74, 6) is -0.342. The van der Waals surface area contributed by atoms with Crippen LogP contribution in [0.2, 0.25) is 0 Å². The average molecular weight is 283 g/mol. The van der Waals surface area contributed by atoms with Crippen molar-refractivity contribution in [2.24, 2.45) is 0 Å². The Morgan fingerprint density at radius 2 is 2.00 bits per heavy atom. The van der Waals surface area contributed by atoms with E-state index < -0.39 is 9.84 Å².